The molecule has 7 heteroatoms. The molecule has 6 nitrogen and oxygen atoms in total. The first-order chi connectivity index (χ1) is 16.0. The molecule has 0 bridgehead atoms. The number of benzene rings is 2. The minimum atomic E-state index is -3.41. The van der Waals surface area contributed by atoms with Crippen molar-refractivity contribution in [2.75, 3.05) is 45.9 Å². The van der Waals surface area contributed by atoms with Crippen LogP contribution in [0.4, 0.5) is 0 Å². The van der Waals surface area contributed by atoms with Gasteiger partial charge in [-0.1, -0.05) is 56.5 Å². The maximum absolute atomic E-state index is 13.3. The summed E-state index contributed by atoms with van der Waals surface area (Å²) in [6.45, 7) is 7.76. The number of amides is 1. The first kappa shape index (κ1) is 25.4. The van der Waals surface area contributed by atoms with Gasteiger partial charge in [-0.05, 0) is 36.2 Å². The number of unbranched alkanes of at least 4 members (excludes halogenated alkanes) is 3. The van der Waals surface area contributed by atoms with Crippen molar-refractivity contribution in [1.82, 2.24) is 9.80 Å². The number of hydrogen-bond acceptors (Lipinski definition) is 5. The molecule has 2 aromatic rings. The Labute approximate surface area is 198 Å². The Morgan fingerprint density at radius 2 is 1.64 bits per heavy atom. The lowest BCUT2D eigenvalue weighted by atomic mass is 10.1. The fourth-order valence-corrected chi connectivity index (χ4v) is 5.36. The third-order valence-electron chi connectivity index (χ3n) is 6.02. The molecular formula is C26H36N2O4S. The lowest BCUT2D eigenvalue weighted by Gasteiger charge is -2.30. The molecule has 1 aliphatic heterocycles. The number of nitrogens with zero attached hydrogens (tertiary/aromatic N) is 2. The van der Waals surface area contributed by atoms with E-state index in [9.17, 15) is 13.2 Å². The lowest BCUT2D eigenvalue weighted by Crippen LogP contribution is -2.43. The third-order valence-corrected chi connectivity index (χ3v) is 7.72. The minimum absolute atomic E-state index is 0.0113. The Kier molecular flexibility index (Phi) is 9.91. The maximum Gasteiger partial charge on any atom is 0.253 e. The van der Waals surface area contributed by atoms with E-state index in [2.05, 4.69) is 11.8 Å². The summed E-state index contributed by atoms with van der Waals surface area (Å²) in [5.74, 6) is -0.0688. The molecule has 0 atom stereocenters. The second kappa shape index (κ2) is 12.9. The molecule has 0 N–H and O–H groups in total. The second-order valence-corrected chi connectivity index (χ2v) is 10.6. The Morgan fingerprint density at radius 3 is 2.30 bits per heavy atom. The number of sulfone groups is 1. The van der Waals surface area contributed by atoms with Crippen LogP contribution in [0.15, 0.2) is 59.5 Å². The van der Waals surface area contributed by atoms with Crippen molar-refractivity contribution in [3.63, 3.8) is 0 Å². The Morgan fingerprint density at radius 1 is 0.939 bits per heavy atom. The van der Waals surface area contributed by atoms with E-state index >= 15 is 0 Å². The molecule has 0 aromatic heterocycles. The Hall–Kier alpha value is -2.22. The molecule has 1 heterocycles. The van der Waals surface area contributed by atoms with Crippen LogP contribution in [0, 0.1) is 0 Å². The van der Waals surface area contributed by atoms with E-state index < -0.39 is 9.84 Å². The van der Waals surface area contributed by atoms with Gasteiger partial charge in [0, 0.05) is 38.3 Å². The lowest BCUT2D eigenvalue weighted by molar-refractivity contribution is 0.0324. The smallest absolute Gasteiger partial charge is 0.253 e. The molecule has 1 fully saturated rings. The zero-order valence-corrected chi connectivity index (χ0v) is 20.4. The molecule has 3 rings (SSSR count). The van der Waals surface area contributed by atoms with Gasteiger partial charge in [0.05, 0.1) is 23.9 Å². The monoisotopic (exact) mass is 472 g/mol. The van der Waals surface area contributed by atoms with Crippen LogP contribution in [-0.2, 0) is 20.3 Å². The number of hydrogen-bond donors (Lipinski definition) is 0. The van der Waals surface area contributed by atoms with Crippen LogP contribution in [0.25, 0.3) is 0 Å². The van der Waals surface area contributed by atoms with Crippen molar-refractivity contribution < 1.29 is 17.9 Å². The van der Waals surface area contributed by atoms with Crippen molar-refractivity contribution >= 4 is 15.7 Å². The molecule has 0 spiro atoms. The first-order valence-electron chi connectivity index (χ1n) is 12.0. The number of ether oxygens (including phenoxy) is 1. The van der Waals surface area contributed by atoms with Gasteiger partial charge in [-0.25, -0.2) is 8.42 Å². The van der Waals surface area contributed by atoms with Crippen molar-refractivity contribution in [2.45, 2.75) is 43.3 Å². The normalized spacial score (nSPS) is 14.8. The van der Waals surface area contributed by atoms with Gasteiger partial charge >= 0.3 is 0 Å². The predicted molar refractivity (Wildman–Crippen MR) is 131 cm³/mol. The Bertz CT molecular complexity index is 956. The summed E-state index contributed by atoms with van der Waals surface area (Å²) in [4.78, 5) is 17.9. The van der Waals surface area contributed by atoms with Crippen molar-refractivity contribution in [3.05, 3.63) is 65.7 Å². The van der Waals surface area contributed by atoms with Crippen molar-refractivity contribution in [2.24, 2.45) is 0 Å². The summed E-state index contributed by atoms with van der Waals surface area (Å²) >= 11 is 0. The SMILES string of the molecule is CCCCCCN(CCN1CCOCC1)C(=O)c1ccc(CS(=O)(=O)c2ccccc2)cc1. The summed E-state index contributed by atoms with van der Waals surface area (Å²) < 4.78 is 30.7. The van der Waals surface area contributed by atoms with E-state index in [-0.39, 0.29) is 11.7 Å². The molecule has 0 radical (unpaired) electrons. The van der Waals surface area contributed by atoms with Gasteiger partial charge in [0.15, 0.2) is 9.84 Å². The molecule has 0 unspecified atom stereocenters. The zero-order chi connectivity index (χ0) is 23.5. The van der Waals surface area contributed by atoms with E-state index in [0.29, 0.717) is 22.6 Å². The first-order valence-corrected chi connectivity index (χ1v) is 13.6. The Balaban J connectivity index is 1.64. The zero-order valence-electron chi connectivity index (χ0n) is 19.6. The minimum Gasteiger partial charge on any atom is -0.379 e. The van der Waals surface area contributed by atoms with Crippen molar-refractivity contribution in [1.29, 1.82) is 0 Å². The number of rotatable bonds is 12. The van der Waals surface area contributed by atoms with Gasteiger partial charge in [-0.3, -0.25) is 9.69 Å². The van der Waals surface area contributed by atoms with Crippen LogP contribution < -0.4 is 0 Å². The molecular weight excluding hydrogens is 436 g/mol. The number of morpholine rings is 1. The molecule has 1 aliphatic rings. The molecule has 0 aliphatic carbocycles. The third kappa shape index (κ3) is 7.95. The average molecular weight is 473 g/mol. The highest BCUT2D eigenvalue weighted by Crippen LogP contribution is 2.17. The van der Waals surface area contributed by atoms with E-state index in [4.69, 9.17) is 4.74 Å². The van der Waals surface area contributed by atoms with Crippen LogP contribution in [0.2, 0.25) is 0 Å². The average Bonchev–Trinajstić information content (AvgIpc) is 2.84. The summed E-state index contributed by atoms with van der Waals surface area (Å²) in [6, 6.07) is 15.5. The number of carbonyl (C=O) groups excluding carboxylic acids is 1. The van der Waals surface area contributed by atoms with Crippen molar-refractivity contribution in [3.8, 4) is 0 Å². The molecule has 1 amide bonds. The van der Waals surface area contributed by atoms with Gasteiger partial charge in [-0.15, -0.1) is 0 Å². The summed E-state index contributed by atoms with van der Waals surface area (Å²) in [5, 5.41) is 0. The van der Waals surface area contributed by atoms with E-state index in [1.54, 1.807) is 54.6 Å². The van der Waals surface area contributed by atoms with Crippen LogP contribution in [0.3, 0.4) is 0 Å². The summed E-state index contributed by atoms with van der Waals surface area (Å²) in [7, 11) is -3.41. The standard InChI is InChI=1S/C26H36N2O4S/c1-2-3-4-8-15-28(17-16-27-18-20-32-21-19-27)26(29)24-13-11-23(12-14-24)22-33(30,31)25-9-6-5-7-10-25/h5-7,9-14H,2-4,8,15-22H2,1H3. The molecule has 180 valence electrons. The highest BCUT2D eigenvalue weighted by Gasteiger charge is 2.19. The van der Waals surface area contributed by atoms with Crippen LogP contribution >= 0.6 is 0 Å². The van der Waals surface area contributed by atoms with Gasteiger partial charge < -0.3 is 9.64 Å². The molecule has 2 aromatic carbocycles. The van der Waals surface area contributed by atoms with Gasteiger partial charge in [-0.2, -0.15) is 0 Å². The highest BCUT2D eigenvalue weighted by atomic mass is 32.2. The summed E-state index contributed by atoms with van der Waals surface area (Å²) in [5.41, 5.74) is 1.28. The fraction of sp³-hybridized carbons (Fsp3) is 0.500. The number of carbonyl (C=O) groups is 1. The topological polar surface area (TPSA) is 66.9 Å². The largest absolute Gasteiger partial charge is 0.379 e. The maximum atomic E-state index is 13.3. The van der Waals surface area contributed by atoms with Gasteiger partial charge in [0.2, 0.25) is 0 Å². The summed E-state index contributed by atoms with van der Waals surface area (Å²) in [6.07, 6.45) is 4.45. The fourth-order valence-electron chi connectivity index (χ4n) is 3.99. The molecule has 33 heavy (non-hydrogen) atoms. The van der Waals surface area contributed by atoms with Crippen LogP contribution in [-0.4, -0.2) is 70.1 Å². The van der Waals surface area contributed by atoms with Crippen LogP contribution in [0.1, 0.15) is 48.5 Å². The molecule has 0 saturated carbocycles. The van der Waals surface area contributed by atoms with Gasteiger partial charge in [0.25, 0.3) is 5.91 Å². The highest BCUT2D eigenvalue weighted by molar-refractivity contribution is 7.90. The quantitative estimate of drug-likeness (QED) is 0.437. The van der Waals surface area contributed by atoms with E-state index in [1.807, 2.05) is 4.90 Å². The van der Waals surface area contributed by atoms with E-state index in [1.165, 1.54) is 6.42 Å². The molecule has 1 saturated heterocycles. The van der Waals surface area contributed by atoms with Crippen LogP contribution in [0.5, 0.6) is 0 Å². The predicted octanol–water partition coefficient (Wildman–Crippen LogP) is 4.02. The van der Waals surface area contributed by atoms with Gasteiger partial charge in [0.1, 0.15) is 0 Å². The second-order valence-electron chi connectivity index (χ2n) is 8.58. The van der Waals surface area contributed by atoms with E-state index in [0.717, 1.165) is 58.7 Å².